The SMILES string of the molecule is CCC(C(=O)O)C(=O)NCc1cc(Br)cs1. The predicted octanol–water partition coefficient (Wildman–Crippen LogP) is 2.24. The molecular formula is C10H12BrNO3S. The summed E-state index contributed by atoms with van der Waals surface area (Å²) in [6, 6.07) is 1.90. The van der Waals surface area contributed by atoms with E-state index >= 15 is 0 Å². The molecule has 2 N–H and O–H groups in total. The number of aliphatic carboxylic acids is 1. The Hall–Kier alpha value is -0.880. The number of rotatable bonds is 5. The van der Waals surface area contributed by atoms with Gasteiger partial charge in [-0.3, -0.25) is 9.59 Å². The molecule has 88 valence electrons. The Kier molecular flexibility index (Phi) is 4.95. The molecule has 6 heteroatoms. The molecule has 1 atom stereocenters. The molecule has 1 amide bonds. The number of thiophene rings is 1. The minimum absolute atomic E-state index is 0.301. The fourth-order valence-corrected chi connectivity index (χ4v) is 2.61. The average molecular weight is 306 g/mol. The summed E-state index contributed by atoms with van der Waals surface area (Å²) >= 11 is 4.82. The summed E-state index contributed by atoms with van der Waals surface area (Å²) in [5.74, 6) is -2.46. The van der Waals surface area contributed by atoms with Gasteiger partial charge >= 0.3 is 5.97 Å². The first kappa shape index (κ1) is 13.2. The molecule has 0 spiro atoms. The van der Waals surface area contributed by atoms with Crippen molar-refractivity contribution < 1.29 is 14.7 Å². The zero-order valence-corrected chi connectivity index (χ0v) is 11.1. The van der Waals surface area contributed by atoms with E-state index in [-0.39, 0.29) is 0 Å². The number of halogens is 1. The third kappa shape index (κ3) is 3.61. The fraction of sp³-hybridized carbons (Fsp3) is 0.400. The number of carboxylic acids is 1. The normalized spacial score (nSPS) is 12.1. The molecule has 0 aromatic carbocycles. The minimum Gasteiger partial charge on any atom is -0.481 e. The molecule has 4 nitrogen and oxygen atoms in total. The van der Waals surface area contributed by atoms with E-state index in [0.29, 0.717) is 13.0 Å². The zero-order chi connectivity index (χ0) is 12.1. The van der Waals surface area contributed by atoms with E-state index in [4.69, 9.17) is 5.11 Å². The molecular weight excluding hydrogens is 294 g/mol. The van der Waals surface area contributed by atoms with Gasteiger partial charge in [-0.25, -0.2) is 0 Å². The van der Waals surface area contributed by atoms with Gasteiger partial charge in [-0.1, -0.05) is 6.92 Å². The Labute approximate surface area is 106 Å². The van der Waals surface area contributed by atoms with Crippen LogP contribution in [0.5, 0.6) is 0 Å². The topological polar surface area (TPSA) is 66.4 Å². The van der Waals surface area contributed by atoms with Gasteiger partial charge in [0, 0.05) is 14.7 Å². The van der Waals surface area contributed by atoms with Crippen LogP contribution in [-0.4, -0.2) is 17.0 Å². The lowest BCUT2D eigenvalue weighted by molar-refractivity contribution is -0.147. The molecule has 16 heavy (non-hydrogen) atoms. The summed E-state index contributed by atoms with van der Waals surface area (Å²) in [6.07, 6.45) is 0.301. The molecule has 0 radical (unpaired) electrons. The first-order valence-electron chi connectivity index (χ1n) is 4.78. The third-order valence-electron chi connectivity index (χ3n) is 2.08. The van der Waals surface area contributed by atoms with Crippen molar-refractivity contribution >= 4 is 39.1 Å². The second-order valence-electron chi connectivity index (χ2n) is 3.25. The molecule has 0 aliphatic heterocycles. The van der Waals surface area contributed by atoms with Gasteiger partial charge in [-0.05, 0) is 28.4 Å². The molecule has 0 bridgehead atoms. The average Bonchev–Trinajstić information content (AvgIpc) is 2.62. The van der Waals surface area contributed by atoms with Gasteiger partial charge in [-0.2, -0.15) is 0 Å². The van der Waals surface area contributed by atoms with Crippen LogP contribution in [-0.2, 0) is 16.1 Å². The van der Waals surface area contributed by atoms with Crippen LogP contribution >= 0.6 is 27.3 Å². The molecule has 0 fully saturated rings. The summed E-state index contributed by atoms with van der Waals surface area (Å²) in [6.45, 7) is 2.05. The highest BCUT2D eigenvalue weighted by atomic mass is 79.9. The van der Waals surface area contributed by atoms with Crippen molar-refractivity contribution in [3.8, 4) is 0 Å². The van der Waals surface area contributed by atoms with Gasteiger partial charge < -0.3 is 10.4 Å². The Morgan fingerprint density at radius 3 is 2.75 bits per heavy atom. The quantitative estimate of drug-likeness (QED) is 0.820. The van der Waals surface area contributed by atoms with Crippen LogP contribution in [0, 0.1) is 5.92 Å². The summed E-state index contributed by atoms with van der Waals surface area (Å²) < 4.78 is 0.965. The molecule has 1 aromatic rings. The van der Waals surface area contributed by atoms with E-state index in [2.05, 4.69) is 21.2 Å². The van der Waals surface area contributed by atoms with Crippen LogP contribution in [0.25, 0.3) is 0 Å². The van der Waals surface area contributed by atoms with Crippen molar-refractivity contribution in [2.24, 2.45) is 5.92 Å². The van der Waals surface area contributed by atoms with Crippen LogP contribution in [0.2, 0.25) is 0 Å². The summed E-state index contributed by atoms with van der Waals surface area (Å²) in [5.41, 5.74) is 0. The van der Waals surface area contributed by atoms with Crippen LogP contribution in [0.15, 0.2) is 15.9 Å². The predicted molar refractivity (Wildman–Crippen MR) is 65.3 cm³/mol. The van der Waals surface area contributed by atoms with Crippen molar-refractivity contribution in [2.75, 3.05) is 0 Å². The van der Waals surface area contributed by atoms with Crippen LogP contribution in [0.1, 0.15) is 18.2 Å². The molecule has 1 heterocycles. The lowest BCUT2D eigenvalue weighted by Gasteiger charge is -2.09. The van der Waals surface area contributed by atoms with Crippen molar-refractivity contribution in [1.82, 2.24) is 5.32 Å². The van der Waals surface area contributed by atoms with Gasteiger partial charge in [0.15, 0.2) is 0 Å². The zero-order valence-electron chi connectivity index (χ0n) is 8.70. The van der Waals surface area contributed by atoms with Crippen molar-refractivity contribution in [3.05, 3.63) is 20.8 Å². The van der Waals surface area contributed by atoms with Crippen molar-refractivity contribution in [3.63, 3.8) is 0 Å². The Bertz CT molecular complexity index is 391. The number of carbonyl (C=O) groups excluding carboxylic acids is 1. The Morgan fingerprint density at radius 2 is 2.31 bits per heavy atom. The maximum Gasteiger partial charge on any atom is 0.316 e. The maximum absolute atomic E-state index is 11.5. The minimum atomic E-state index is -1.08. The van der Waals surface area contributed by atoms with Gasteiger partial charge in [0.25, 0.3) is 0 Å². The highest BCUT2D eigenvalue weighted by Gasteiger charge is 2.23. The second kappa shape index (κ2) is 6.00. The molecule has 0 aliphatic rings. The van der Waals surface area contributed by atoms with E-state index in [1.165, 1.54) is 11.3 Å². The number of hydrogen-bond donors (Lipinski definition) is 2. The van der Waals surface area contributed by atoms with Gasteiger partial charge in [-0.15, -0.1) is 11.3 Å². The van der Waals surface area contributed by atoms with Crippen LogP contribution < -0.4 is 5.32 Å². The molecule has 1 unspecified atom stereocenters. The summed E-state index contributed by atoms with van der Waals surface area (Å²) in [5, 5.41) is 13.3. The first-order chi connectivity index (χ1) is 7.54. The number of amides is 1. The fourth-order valence-electron chi connectivity index (χ4n) is 1.22. The smallest absolute Gasteiger partial charge is 0.316 e. The highest BCUT2D eigenvalue weighted by molar-refractivity contribution is 9.10. The molecule has 0 saturated carbocycles. The standard InChI is InChI=1S/C10H12BrNO3S/c1-2-8(10(14)15)9(13)12-4-7-3-6(11)5-16-7/h3,5,8H,2,4H2,1H3,(H,12,13)(H,14,15). The number of hydrogen-bond acceptors (Lipinski definition) is 3. The van der Waals surface area contributed by atoms with Gasteiger partial charge in [0.05, 0.1) is 6.54 Å². The van der Waals surface area contributed by atoms with Crippen LogP contribution in [0.3, 0.4) is 0 Å². The van der Waals surface area contributed by atoms with E-state index in [1.807, 2.05) is 11.4 Å². The van der Waals surface area contributed by atoms with E-state index in [9.17, 15) is 9.59 Å². The Balaban J connectivity index is 2.49. The highest BCUT2D eigenvalue weighted by Crippen LogP contribution is 2.19. The number of carboxylic acid groups (broad SMARTS) is 1. The largest absolute Gasteiger partial charge is 0.481 e. The monoisotopic (exact) mass is 305 g/mol. The number of carbonyl (C=O) groups is 2. The Morgan fingerprint density at radius 1 is 1.62 bits per heavy atom. The van der Waals surface area contributed by atoms with Crippen LogP contribution in [0.4, 0.5) is 0 Å². The van der Waals surface area contributed by atoms with Crippen molar-refractivity contribution in [1.29, 1.82) is 0 Å². The van der Waals surface area contributed by atoms with Gasteiger partial charge in [0.1, 0.15) is 5.92 Å². The lowest BCUT2D eigenvalue weighted by atomic mass is 10.1. The maximum atomic E-state index is 11.5. The first-order valence-corrected chi connectivity index (χ1v) is 6.45. The molecule has 1 aromatic heterocycles. The second-order valence-corrected chi connectivity index (χ2v) is 5.16. The molecule has 1 rings (SSSR count). The van der Waals surface area contributed by atoms with Crippen molar-refractivity contribution in [2.45, 2.75) is 19.9 Å². The van der Waals surface area contributed by atoms with E-state index in [0.717, 1.165) is 9.35 Å². The summed E-state index contributed by atoms with van der Waals surface area (Å²) in [4.78, 5) is 23.2. The lowest BCUT2D eigenvalue weighted by Crippen LogP contribution is -2.34. The molecule has 0 saturated heterocycles. The third-order valence-corrected chi connectivity index (χ3v) is 3.78. The molecule has 0 aliphatic carbocycles. The van der Waals surface area contributed by atoms with E-state index in [1.54, 1.807) is 6.92 Å². The number of nitrogens with one attached hydrogen (secondary N) is 1. The van der Waals surface area contributed by atoms with Gasteiger partial charge in [0.2, 0.25) is 5.91 Å². The van der Waals surface area contributed by atoms with E-state index < -0.39 is 17.8 Å². The summed E-state index contributed by atoms with van der Waals surface area (Å²) in [7, 11) is 0.